The van der Waals surface area contributed by atoms with E-state index >= 15 is 0 Å². The van der Waals surface area contributed by atoms with Gasteiger partial charge < -0.3 is 15.4 Å². The fourth-order valence-electron chi connectivity index (χ4n) is 2.05. The minimum Gasteiger partial charge on any atom is -0.484 e. The fourth-order valence-corrected chi connectivity index (χ4v) is 2.05. The van der Waals surface area contributed by atoms with Crippen LogP contribution >= 0.6 is 0 Å². The predicted octanol–water partition coefficient (Wildman–Crippen LogP) is 3.22. The summed E-state index contributed by atoms with van der Waals surface area (Å²) in [4.78, 5) is 23.0. The van der Waals surface area contributed by atoms with E-state index in [1.807, 2.05) is 24.3 Å². The molecule has 23 heavy (non-hydrogen) atoms. The van der Waals surface area contributed by atoms with Crippen LogP contribution < -0.4 is 15.4 Å². The normalized spacial score (nSPS) is 10.0. The first-order valence-electron chi connectivity index (χ1n) is 7.46. The van der Waals surface area contributed by atoms with Crippen LogP contribution in [-0.4, -0.2) is 18.4 Å². The number of rotatable bonds is 6. The Bertz CT molecular complexity index is 681. The summed E-state index contributed by atoms with van der Waals surface area (Å²) in [5.74, 6) is 0.237. The minimum atomic E-state index is -0.260. The second-order valence-electron chi connectivity index (χ2n) is 5.10. The monoisotopic (exact) mass is 312 g/mol. The van der Waals surface area contributed by atoms with Crippen molar-refractivity contribution in [1.29, 1.82) is 0 Å². The van der Waals surface area contributed by atoms with Crippen LogP contribution in [-0.2, 0) is 16.0 Å². The molecule has 5 heteroatoms. The molecule has 0 aliphatic rings. The molecule has 0 aromatic heterocycles. The smallest absolute Gasteiger partial charge is 0.262 e. The first-order valence-corrected chi connectivity index (χ1v) is 7.46. The molecule has 0 fully saturated rings. The Morgan fingerprint density at radius 3 is 2.26 bits per heavy atom. The molecule has 0 atom stereocenters. The molecule has 120 valence electrons. The molecule has 2 amide bonds. The van der Waals surface area contributed by atoms with Gasteiger partial charge in [0.05, 0.1) is 0 Å². The van der Waals surface area contributed by atoms with Gasteiger partial charge in [0, 0.05) is 18.3 Å². The standard InChI is InChI=1S/C18H20N2O3/c1-3-14-7-9-17(10-8-14)23-12-18(22)20-16-6-4-5-15(11-16)19-13(2)21/h4-11H,3,12H2,1-2H3,(H,19,21)(H,20,22). The van der Waals surface area contributed by atoms with Gasteiger partial charge in [0.15, 0.2) is 6.61 Å². The van der Waals surface area contributed by atoms with Gasteiger partial charge in [-0.05, 0) is 42.3 Å². The summed E-state index contributed by atoms with van der Waals surface area (Å²) >= 11 is 0. The van der Waals surface area contributed by atoms with Crippen LogP contribution in [0.3, 0.4) is 0 Å². The van der Waals surface area contributed by atoms with E-state index in [1.165, 1.54) is 12.5 Å². The van der Waals surface area contributed by atoms with E-state index in [0.717, 1.165) is 6.42 Å². The van der Waals surface area contributed by atoms with E-state index < -0.39 is 0 Å². The number of ether oxygens (including phenoxy) is 1. The van der Waals surface area contributed by atoms with E-state index in [1.54, 1.807) is 24.3 Å². The molecule has 0 bridgehead atoms. The summed E-state index contributed by atoms with van der Waals surface area (Å²) in [5, 5.41) is 5.40. The van der Waals surface area contributed by atoms with Gasteiger partial charge >= 0.3 is 0 Å². The van der Waals surface area contributed by atoms with Gasteiger partial charge in [-0.2, -0.15) is 0 Å². The Balaban J connectivity index is 1.87. The fraction of sp³-hybridized carbons (Fsp3) is 0.222. The molecule has 0 unspecified atom stereocenters. The summed E-state index contributed by atoms with van der Waals surface area (Å²) in [6.07, 6.45) is 0.964. The Morgan fingerprint density at radius 1 is 1.00 bits per heavy atom. The molecule has 2 aromatic rings. The van der Waals surface area contributed by atoms with Gasteiger partial charge in [-0.3, -0.25) is 9.59 Å². The lowest BCUT2D eigenvalue weighted by atomic mass is 10.2. The Morgan fingerprint density at radius 2 is 1.65 bits per heavy atom. The number of aryl methyl sites for hydroxylation is 1. The molecule has 5 nitrogen and oxygen atoms in total. The van der Waals surface area contributed by atoms with Crippen molar-refractivity contribution < 1.29 is 14.3 Å². The van der Waals surface area contributed by atoms with Crippen molar-refractivity contribution in [2.75, 3.05) is 17.2 Å². The summed E-state index contributed by atoms with van der Waals surface area (Å²) in [5.41, 5.74) is 2.45. The molecule has 2 rings (SSSR count). The van der Waals surface area contributed by atoms with E-state index in [4.69, 9.17) is 4.74 Å². The van der Waals surface area contributed by atoms with E-state index in [9.17, 15) is 9.59 Å². The lowest BCUT2D eigenvalue weighted by Gasteiger charge is -2.09. The predicted molar refractivity (Wildman–Crippen MR) is 90.7 cm³/mol. The summed E-state index contributed by atoms with van der Waals surface area (Å²) in [6, 6.07) is 14.6. The van der Waals surface area contributed by atoms with Crippen LogP contribution in [0, 0.1) is 0 Å². The van der Waals surface area contributed by atoms with Crippen LogP contribution in [0.15, 0.2) is 48.5 Å². The first-order chi connectivity index (χ1) is 11.1. The molecule has 0 aliphatic heterocycles. The van der Waals surface area contributed by atoms with Crippen molar-refractivity contribution in [1.82, 2.24) is 0 Å². The number of nitrogens with one attached hydrogen (secondary N) is 2. The molecular weight excluding hydrogens is 292 g/mol. The maximum atomic E-state index is 11.9. The topological polar surface area (TPSA) is 67.4 Å². The van der Waals surface area contributed by atoms with Crippen molar-refractivity contribution in [3.05, 3.63) is 54.1 Å². The lowest BCUT2D eigenvalue weighted by Crippen LogP contribution is -2.20. The van der Waals surface area contributed by atoms with Crippen molar-refractivity contribution in [2.45, 2.75) is 20.3 Å². The van der Waals surface area contributed by atoms with Gasteiger partial charge in [-0.25, -0.2) is 0 Å². The number of hydrogen-bond donors (Lipinski definition) is 2. The van der Waals surface area contributed by atoms with E-state index in [-0.39, 0.29) is 18.4 Å². The third-order valence-corrected chi connectivity index (χ3v) is 3.17. The molecule has 0 radical (unpaired) electrons. The van der Waals surface area contributed by atoms with Crippen LogP contribution in [0.5, 0.6) is 5.75 Å². The zero-order chi connectivity index (χ0) is 16.7. The van der Waals surface area contributed by atoms with Crippen LogP contribution in [0.2, 0.25) is 0 Å². The highest BCUT2D eigenvalue weighted by Crippen LogP contribution is 2.16. The molecule has 0 spiro atoms. The second kappa shape index (κ2) is 7.98. The van der Waals surface area contributed by atoms with Crippen LogP contribution in [0.4, 0.5) is 11.4 Å². The number of carbonyl (C=O) groups is 2. The number of anilines is 2. The van der Waals surface area contributed by atoms with Gasteiger partial charge in [-0.15, -0.1) is 0 Å². The van der Waals surface area contributed by atoms with Crippen molar-refractivity contribution in [2.24, 2.45) is 0 Å². The van der Waals surface area contributed by atoms with Gasteiger partial charge in [0.2, 0.25) is 5.91 Å². The van der Waals surface area contributed by atoms with Crippen molar-refractivity contribution in [3.63, 3.8) is 0 Å². The number of hydrogen-bond acceptors (Lipinski definition) is 3. The maximum Gasteiger partial charge on any atom is 0.262 e. The van der Waals surface area contributed by atoms with Crippen LogP contribution in [0.1, 0.15) is 19.4 Å². The number of amides is 2. The molecule has 0 aliphatic carbocycles. The Labute approximate surface area is 135 Å². The van der Waals surface area contributed by atoms with Gasteiger partial charge in [-0.1, -0.05) is 25.1 Å². The summed E-state index contributed by atoms with van der Waals surface area (Å²) in [6.45, 7) is 3.44. The van der Waals surface area contributed by atoms with Gasteiger partial charge in [0.1, 0.15) is 5.75 Å². The maximum absolute atomic E-state index is 11.9. The third kappa shape index (κ3) is 5.47. The highest BCUT2D eigenvalue weighted by molar-refractivity contribution is 5.94. The molecular formula is C18H20N2O3. The van der Waals surface area contributed by atoms with Gasteiger partial charge in [0.25, 0.3) is 5.91 Å². The molecule has 0 saturated carbocycles. The third-order valence-electron chi connectivity index (χ3n) is 3.17. The number of carbonyl (C=O) groups excluding carboxylic acids is 2. The zero-order valence-electron chi connectivity index (χ0n) is 13.3. The summed E-state index contributed by atoms with van der Waals surface area (Å²) < 4.78 is 5.45. The molecule has 2 aromatic carbocycles. The van der Waals surface area contributed by atoms with E-state index in [0.29, 0.717) is 17.1 Å². The van der Waals surface area contributed by atoms with Crippen LogP contribution in [0.25, 0.3) is 0 Å². The second-order valence-corrected chi connectivity index (χ2v) is 5.10. The Kier molecular flexibility index (Phi) is 5.74. The average molecular weight is 312 g/mol. The largest absolute Gasteiger partial charge is 0.484 e. The highest BCUT2D eigenvalue weighted by Gasteiger charge is 2.05. The first kappa shape index (κ1) is 16.5. The summed E-state index contributed by atoms with van der Waals surface area (Å²) in [7, 11) is 0. The SMILES string of the molecule is CCc1ccc(OCC(=O)Nc2cccc(NC(C)=O)c2)cc1. The average Bonchev–Trinajstić information content (AvgIpc) is 2.53. The highest BCUT2D eigenvalue weighted by atomic mass is 16.5. The van der Waals surface area contributed by atoms with Crippen molar-refractivity contribution in [3.8, 4) is 5.75 Å². The zero-order valence-corrected chi connectivity index (χ0v) is 13.3. The Hall–Kier alpha value is -2.82. The molecule has 2 N–H and O–H groups in total. The van der Waals surface area contributed by atoms with Crippen molar-refractivity contribution >= 4 is 23.2 Å². The number of benzene rings is 2. The molecule has 0 heterocycles. The quantitative estimate of drug-likeness (QED) is 0.860. The molecule has 0 saturated heterocycles. The lowest BCUT2D eigenvalue weighted by molar-refractivity contribution is -0.118. The van der Waals surface area contributed by atoms with E-state index in [2.05, 4.69) is 17.6 Å². The minimum absolute atomic E-state index is 0.0736.